The first-order valence-corrected chi connectivity index (χ1v) is 10.0. The minimum absolute atomic E-state index is 0.223. The van der Waals surface area contributed by atoms with Gasteiger partial charge in [0.2, 0.25) is 0 Å². The van der Waals surface area contributed by atoms with E-state index >= 15 is 0 Å². The molecule has 1 aliphatic rings. The van der Waals surface area contributed by atoms with Crippen molar-refractivity contribution < 1.29 is 9.53 Å². The van der Waals surface area contributed by atoms with E-state index in [1.54, 1.807) is 23.0 Å². The molecule has 0 saturated carbocycles. The Labute approximate surface area is 167 Å². The van der Waals surface area contributed by atoms with Crippen molar-refractivity contribution in [2.45, 2.75) is 20.4 Å². The van der Waals surface area contributed by atoms with Crippen molar-refractivity contribution in [3.63, 3.8) is 0 Å². The molecule has 4 rings (SSSR count). The maximum Gasteiger partial charge on any atom is 0.259 e. The summed E-state index contributed by atoms with van der Waals surface area (Å²) in [4.78, 5) is 23.7. The fourth-order valence-electron chi connectivity index (χ4n) is 3.10. The zero-order valence-corrected chi connectivity index (χ0v) is 16.7. The summed E-state index contributed by atoms with van der Waals surface area (Å²) in [6, 6.07) is 5.52. The molecule has 1 amide bonds. The van der Waals surface area contributed by atoms with Crippen LogP contribution in [0.2, 0.25) is 0 Å². The molecule has 1 aliphatic heterocycles. The number of pyridine rings is 1. The molecule has 1 saturated heterocycles. The lowest BCUT2D eigenvalue weighted by atomic mass is 10.2. The number of hydrogen-bond acceptors (Lipinski definition) is 7. The maximum atomic E-state index is 12.5. The average Bonchev–Trinajstić information content (AvgIpc) is 3.28. The molecule has 9 heteroatoms. The largest absolute Gasteiger partial charge is 0.379 e. The van der Waals surface area contributed by atoms with Crippen molar-refractivity contribution in [2.24, 2.45) is 0 Å². The van der Waals surface area contributed by atoms with E-state index in [4.69, 9.17) is 4.74 Å². The average molecular weight is 398 g/mol. The monoisotopic (exact) mass is 398 g/mol. The number of hydrogen-bond donors (Lipinski definition) is 1. The number of anilines is 1. The Kier molecular flexibility index (Phi) is 5.47. The number of morpholine rings is 1. The lowest BCUT2D eigenvalue weighted by Crippen LogP contribution is -2.35. The van der Waals surface area contributed by atoms with Gasteiger partial charge in [-0.3, -0.25) is 15.0 Å². The van der Waals surface area contributed by atoms with Crippen LogP contribution in [0.4, 0.5) is 5.13 Å². The fourth-order valence-corrected chi connectivity index (χ4v) is 3.80. The van der Waals surface area contributed by atoms with Crippen LogP contribution >= 0.6 is 11.3 Å². The highest BCUT2D eigenvalue weighted by Crippen LogP contribution is 2.18. The summed E-state index contributed by atoms with van der Waals surface area (Å²) in [5, 5.41) is 9.84. The van der Waals surface area contributed by atoms with E-state index in [9.17, 15) is 4.79 Å². The maximum absolute atomic E-state index is 12.5. The van der Waals surface area contributed by atoms with Gasteiger partial charge in [-0.2, -0.15) is 5.10 Å². The first kappa shape index (κ1) is 18.7. The standard InChI is InChI=1S/C19H22N6O2S/c1-13-9-14(2)25(23-13)17-4-3-15(10-20-17)18(26)22-19-21-16(12-28-19)11-24-5-7-27-8-6-24/h3-4,9-10,12H,5-8,11H2,1-2H3,(H,21,22,26). The van der Waals surface area contributed by atoms with Crippen LogP contribution in [0.15, 0.2) is 29.8 Å². The van der Waals surface area contributed by atoms with E-state index in [-0.39, 0.29) is 5.91 Å². The Balaban J connectivity index is 1.39. The molecule has 1 fully saturated rings. The second-order valence-corrected chi connectivity index (χ2v) is 7.59. The van der Waals surface area contributed by atoms with Crippen molar-refractivity contribution >= 4 is 22.4 Å². The minimum Gasteiger partial charge on any atom is -0.379 e. The third-order valence-corrected chi connectivity index (χ3v) is 5.30. The van der Waals surface area contributed by atoms with Gasteiger partial charge in [-0.25, -0.2) is 14.6 Å². The van der Waals surface area contributed by atoms with Crippen LogP contribution in [-0.4, -0.2) is 56.9 Å². The number of aryl methyl sites for hydroxylation is 2. The number of carbonyl (C=O) groups is 1. The van der Waals surface area contributed by atoms with Crippen LogP contribution in [-0.2, 0) is 11.3 Å². The summed E-state index contributed by atoms with van der Waals surface area (Å²) in [5.41, 5.74) is 3.37. The summed E-state index contributed by atoms with van der Waals surface area (Å²) in [5.74, 6) is 0.462. The van der Waals surface area contributed by atoms with Gasteiger partial charge in [-0.1, -0.05) is 0 Å². The predicted molar refractivity (Wildman–Crippen MR) is 107 cm³/mol. The lowest BCUT2D eigenvalue weighted by Gasteiger charge is -2.25. The normalized spacial score (nSPS) is 14.9. The van der Waals surface area contributed by atoms with Crippen LogP contribution in [0.1, 0.15) is 27.4 Å². The van der Waals surface area contributed by atoms with E-state index in [1.165, 1.54) is 11.3 Å². The Morgan fingerprint density at radius 2 is 2.11 bits per heavy atom. The zero-order valence-electron chi connectivity index (χ0n) is 15.9. The molecule has 3 aromatic heterocycles. The van der Waals surface area contributed by atoms with Crippen molar-refractivity contribution in [3.8, 4) is 5.82 Å². The second kappa shape index (κ2) is 8.17. The number of nitrogens with zero attached hydrogens (tertiary/aromatic N) is 5. The molecule has 0 aromatic carbocycles. The van der Waals surface area contributed by atoms with Crippen LogP contribution in [0.3, 0.4) is 0 Å². The third kappa shape index (κ3) is 4.27. The predicted octanol–water partition coefficient (Wildman–Crippen LogP) is 2.43. The van der Waals surface area contributed by atoms with Crippen molar-refractivity contribution in [3.05, 3.63) is 52.4 Å². The van der Waals surface area contributed by atoms with Crippen molar-refractivity contribution in [1.82, 2.24) is 24.6 Å². The molecule has 8 nitrogen and oxygen atoms in total. The number of aromatic nitrogens is 4. The molecule has 146 valence electrons. The molecule has 1 N–H and O–H groups in total. The number of thiazole rings is 1. The molecule has 4 heterocycles. The Hall–Kier alpha value is -2.62. The Morgan fingerprint density at radius 3 is 2.79 bits per heavy atom. The van der Waals surface area contributed by atoms with Crippen LogP contribution in [0.25, 0.3) is 5.82 Å². The minimum atomic E-state index is -0.223. The van der Waals surface area contributed by atoms with Gasteiger partial charge < -0.3 is 4.74 Å². The molecular formula is C19H22N6O2S. The van der Waals surface area contributed by atoms with Gasteiger partial charge in [-0.15, -0.1) is 11.3 Å². The SMILES string of the molecule is Cc1cc(C)n(-c2ccc(C(=O)Nc3nc(CN4CCOCC4)cs3)cn2)n1. The molecule has 0 atom stereocenters. The number of ether oxygens (including phenoxy) is 1. The molecule has 0 unspecified atom stereocenters. The van der Waals surface area contributed by atoms with Crippen LogP contribution in [0, 0.1) is 13.8 Å². The van der Waals surface area contributed by atoms with Crippen LogP contribution < -0.4 is 5.32 Å². The van der Waals surface area contributed by atoms with E-state index in [1.807, 2.05) is 25.3 Å². The van der Waals surface area contributed by atoms with Gasteiger partial charge in [0.05, 0.1) is 30.2 Å². The Morgan fingerprint density at radius 1 is 1.29 bits per heavy atom. The topological polar surface area (TPSA) is 85.2 Å². The number of rotatable bonds is 5. The first-order valence-electron chi connectivity index (χ1n) is 9.14. The Bertz CT molecular complexity index is 959. The quantitative estimate of drug-likeness (QED) is 0.711. The van der Waals surface area contributed by atoms with E-state index in [0.29, 0.717) is 16.5 Å². The molecule has 3 aromatic rings. The zero-order chi connectivity index (χ0) is 19.5. The highest BCUT2D eigenvalue weighted by atomic mass is 32.1. The highest BCUT2D eigenvalue weighted by molar-refractivity contribution is 7.13. The molecule has 0 spiro atoms. The van der Waals surface area contributed by atoms with Gasteiger partial charge in [0.1, 0.15) is 0 Å². The highest BCUT2D eigenvalue weighted by Gasteiger charge is 2.14. The number of nitrogens with one attached hydrogen (secondary N) is 1. The molecular weight excluding hydrogens is 376 g/mol. The van der Waals surface area contributed by atoms with Gasteiger partial charge in [0, 0.05) is 36.9 Å². The van der Waals surface area contributed by atoms with Gasteiger partial charge >= 0.3 is 0 Å². The fraction of sp³-hybridized carbons (Fsp3) is 0.368. The van der Waals surface area contributed by atoms with Gasteiger partial charge in [0.15, 0.2) is 10.9 Å². The smallest absolute Gasteiger partial charge is 0.259 e. The van der Waals surface area contributed by atoms with E-state index < -0.39 is 0 Å². The van der Waals surface area contributed by atoms with Gasteiger partial charge in [0.25, 0.3) is 5.91 Å². The third-order valence-electron chi connectivity index (χ3n) is 4.50. The van der Waals surface area contributed by atoms with E-state index in [2.05, 4.69) is 25.3 Å². The van der Waals surface area contributed by atoms with Crippen molar-refractivity contribution in [1.29, 1.82) is 0 Å². The summed E-state index contributed by atoms with van der Waals surface area (Å²) in [6.45, 7) is 8.02. The van der Waals surface area contributed by atoms with E-state index in [0.717, 1.165) is 49.9 Å². The molecule has 0 aliphatic carbocycles. The molecule has 0 radical (unpaired) electrons. The number of carbonyl (C=O) groups excluding carboxylic acids is 1. The molecule has 0 bridgehead atoms. The van der Waals surface area contributed by atoms with Crippen LogP contribution in [0.5, 0.6) is 0 Å². The number of amides is 1. The summed E-state index contributed by atoms with van der Waals surface area (Å²) in [6.07, 6.45) is 1.56. The lowest BCUT2D eigenvalue weighted by molar-refractivity contribution is 0.0337. The second-order valence-electron chi connectivity index (χ2n) is 6.73. The summed E-state index contributed by atoms with van der Waals surface area (Å²) in [7, 11) is 0. The summed E-state index contributed by atoms with van der Waals surface area (Å²) < 4.78 is 7.12. The van der Waals surface area contributed by atoms with Crippen molar-refractivity contribution in [2.75, 3.05) is 31.6 Å². The molecule has 28 heavy (non-hydrogen) atoms. The summed E-state index contributed by atoms with van der Waals surface area (Å²) >= 11 is 1.43. The first-order chi connectivity index (χ1) is 13.6. The van der Waals surface area contributed by atoms with Gasteiger partial charge in [-0.05, 0) is 32.0 Å².